The van der Waals surface area contributed by atoms with Gasteiger partial charge in [-0.15, -0.1) is 0 Å². The molecule has 102 valence electrons. The van der Waals surface area contributed by atoms with Gasteiger partial charge in [-0.25, -0.2) is 4.98 Å². The van der Waals surface area contributed by atoms with E-state index in [1.165, 1.54) is 11.3 Å². The van der Waals surface area contributed by atoms with E-state index >= 15 is 0 Å². The lowest BCUT2D eigenvalue weighted by molar-refractivity contribution is 0.112. The first-order valence-corrected chi connectivity index (χ1v) is 6.97. The van der Waals surface area contributed by atoms with E-state index in [-0.39, 0.29) is 5.41 Å². The van der Waals surface area contributed by atoms with E-state index in [4.69, 9.17) is 4.74 Å². The fourth-order valence-corrected chi connectivity index (χ4v) is 2.62. The van der Waals surface area contributed by atoms with E-state index in [9.17, 15) is 4.79 Å². The van der Waals surface area contributed by atoms with Gasteiger partial charge in [0.15, 0.2) is 11.4 Å². The SMILES string of the molecule is CCOCCN(C)c1nc(C(C)(C)C)c(C=O)s1. The lowest BCUT2D eigenvalue weighted by Gasteiger charge is -2.17. The molecule has 0 spiro atoms. The summed E-state index contributed by atoms with van der Waals surface area (Å²) in [6.07, 6.45) is 0.901. The molecule has 0 aliphatic carbocycles. The van der Waals surface area contributed by atoms with Crippen molar-refractivity contribution in [1.82, 2.24) is 4.98 Å². The molecular formula is C13H22N2O2S. The van der Waals surface area contributed by atoms with Crippen LogP contribution in [0.25, 0.3) is 0 Å². The van der Waals surface area contributed by atoms with Gasteiger partial charge < -0.3 is 9.64 Å². The Hall–Kier alpha value is -0.940. The van der Waals surface area contributed by atoms with Crippen molar-refractivity contribution < 1.29 is 9.53 Å². The van der Waals surface area contributed by atoms with Crippen molar-refractivity contribution in [3.63, 3.8) is 0 Å². The molecule has 4 nitrogen and oxygen atoms in total. The zero-order chi connectivity index (χ0) is 13.8. The Morgan fingerprint density at radius 2 is 2.11 bits per heavy atom. The molecule has 0 unspecified atom stereocenters. The molecule has 0 fully saturated rings. The van der Waals surface area contributed by atoms with E-state index in [0.29, 0.717) is 6.61 Å². The number of thiazole rings is 1. The number of hydrogen-bond donors (Lipinski definition) is 0. The highest BCUT2D eigenvalue weighted by Crippen LogP contribution is 2.32. The summed E-state index contributed by atoms with van der Waals surface area (Å²) >= 11 is 1.44. The molecule has 0 aromatic carbocycles. The Kier molecular flexibility index (Phi) is 5.28. The van der Waals surface area contributed by atoms with Crippen LogP contribution in [0.5, 0.6) is 0 Å². The van der Waals surface area contributed by atoms with E-state index < -0.39 is 0 Å². The minimum Gasteiger partial charge on any atom is -0.380 e. The molecule has 0 aliphatic rings. The molecular weight excluding hydrogens is 248 g/mol. The second kappa shape index (κ2) is 6.29. The van der Waals surface area contributed by atoms with Crippen molar-refractivity contribution in [3.05, 3.63) is 10.6 Å². The van der Waals surface area contributed by atoms with Gasteiger partial charge in [-0.2, -0.15) is 0 Å². The number of aldehydes is 1. The van der Waals surface area contributed by atoms with Gasteiger partial charge in [-0.3, -0.25) is 4.79 Å². The maximum Gasteiger partial charge on any atom is 0.186 e. The minimum atomic E-state index is -0.105. The van der Waals surface area contributed by atoms with Gasteiger partial charge in [0.1, 0.15) is 0 Å². The quantitative estimate of drug-likeness (QED) is 0.589. The lowest BCUT2D eigenvalue weighted by atomic mass is 9.91. The largest absolute Gasteiger partial charge is 0.380 e. The van der Waals surface area contributed by atoms with Gasteiger partial charge in [0.25, 0.3) is 0 Å². The average molecular weight is 270 g/mol. The smallest absolute Gasteiger partial charge is 0.186 e. The molecule has 0 radical (unpaired) electrons. The molecule has 0 aliphatic heterocycles. The third-order valence-electron chi connectivity index (χ3n) is 2.56. The second-order valence-electron chi connectivity index (χ2n) is 5.20. The molecule has 0 atom stereocenters. The van der Waals surface area contributed by atoms with Crippen LogP contribution >= 0.6 is 11.3 Å². The first-order chi connectivity index (χ1) is 8.40. The van der Waals surface area contributed by atoms with Crippen LogP contribution in [-0.2, 0) is 10.2 Å². The van der Waals surface area contributed by atoms with Gasteiger partial charge >= 0.3 is 0 Å². The Bertz CT molecular complexity index is 396. The first kappa shape index (κ1) is 15.1. The molecule has 1 aromatic rings. The van der Waals surface area contributed by atoms with E-state index in [2.05, 4.69) is 25.8 Å². The van der Waals surface area contributed by atoms with Crippen molar-refractivity contribution in [1.29, 1.82) is 0 Å². The van der Waals surface area contributed by atoms with Gasteiger partial charge in [0.2, 0.25) is 0 Å². The van der Waals surface area contributed by atoms with Crippen molar-refractivity contribution in [2.45, 2.75) is 33.1 Å². The fourth-order valence-electron chi connectivity index (χ4n) is 1.54. The summed E-state index contributed by atoms with van der Waals surface area (Å²) in [6, 6.07) is 0. The normalized spacial score (nSPS) is 11.6. The molecule has 0 saturated carbocycles. The zero-order valence-electron chi connectivity index (χ0n) is 11.8. The Balaban J connectivity index is 2.84. The number of anilines is 1. The molecule has 18 heavy (non-hydrogen) atoms. The average Bonchev–Trinajstić information content (AvgIpc) is 2.73. The molecule has 1 aromatic heterocycles. The highest BCUT2D eigenvalue weighted by Gasteiger charge is 2.24. The van der Waals surface area contributed by atoms with Gasteiger partial charge in [-0.05, 0) is 6.92 Å². The van der Waals surface area contributed by atoms with Crippen LogP contribution in [0, 0.1) is 0 Å². The summed E-state index contributed by atoms with van der Waals surface area (Å²) in [5, 5.41) is 0.877. The maximum atomic E-state index is 11.1. The van der Waals surface area contributed by atoms with Crippen molar-refractivity contribution in [2.24, 2.45) is 0 Å². The number of nitrogens with zero attached hydrogens (tertiary/aromatic N) is 2. The van der Waals surface area contributed by atoms with Crippen LogP contribution < -0.4 is 4.90 Å². The monoisotopic (exact) mass is 270 g/mol. The van der Waals surface area contributed by atoms with E-state index in [0.717, 1.165) is 35.1 Å². The summed E-state index contributed by atoms with van der Waals surface area (Å²) in [5.41, 5.74) is 0.770. The molecule has 0 N–H and O–H groups in total. The highest BCUT2D eigenvalue weighted by atomic mass is 32.1. The van der Waals surface area contributed by atoms with E-state index in [1.54, 1.807) is 0 Å². The Labute approximate surface area is 113 Å². The number of ether oxygens (including phenoxy) is 1. The van der Waals surface area contributed by atoms with Crippen molar-refractivity contribution >= 4 is 22.8 Å². The lowest BCUT2D eigenvalue weighted by Crippen LogP contribution is -2.23. The summed E-state index contributed by atoms with van der Waals surface area (Å²) in [4.78, 5) is 18.4. The molecule has 5 heteroatoms. The van der Waals surface area contributed by atoms with Gasteiger partial charge in [0.05, 0.1) is 17.2 Å². The first-order valence-electron chi connectivity index (χ1n) is 6.15. The number of likely N-dealkylation sites (N-methyl/N-ethyl adjacent to an activating group) is 1. The van der Waals surface area contributed by atoms with Crippen LogP contribution in [0.2, 0.25) is 0 Å². The molecule has 0 saturated heterocycles. The van der Waals surface area contributed by atoms with Crippen LogP contribution in [0.4, 0.5) is 5.13 Å². The molecule has 0 amide bonds. The summed E-state index contributed by atoms with van der Waals surface area (Å²) in [7, 11) is 1.97. The third kappa shape index (κ3) is 3.78. The maximum absolute atomic E-state index is 11.1. The predicted molar refractivity (Wildman–Crippen MR) is 76.0 cm³/mol. The van der Waals surface area contributed by atoms with Crippen LogP contribution in [0.3, 0.4) is 0 Å². The number of carbonyl (C=O) groups is 1. The highest BCUT2D eigenvalue weighted by molar-refractivity contribution is 7.17. The van der Waals surface area contributed by atoms with Crippen LogP contribution in [-0.4, -0.2) is 38.1 Å². The number of aromatic nitrogens is 1. The second-order valence-corrected chi connectivity index (χ2v) is 6.20. The topological polar surface area (TPSA) is 42.4 Å². The van der Waals surface area contributed by atoms with Crippen molar-refractivity contribution in [3.8, 4) is 0 Å². The van der Waals surface area contributed by atoms with Crippen LogP contribution in [0.1, 0.15) is 43.1 Å². The number of hydrogen-bond acceptors (Lipinski definition) is 5. The summed E-state index contributed by atoms with van der Waals surface area (Å²) in [6.45, 7) is 10.4. The van der Waals surface area contributed by atoms with Gasteiger partial charge in [-0.1, -0.05) is 32.1 Å². The Morgan fingerprint density at radius 1 is 1.44 bits per heavy atom. The zero-order valence-corrected chi connectivity index (χ0v) is 12.6. The van der Waals surface area contributed by atoms with Crippen LogP contribution in [0.15, 0.2) is 0 Å². The third-order valence-corrected chi connectivity index (χ3v) is 3.66. The standard InChI is InChI=1S/C13H22N2O2S/c1-6-17-8-7-15(5)12-14-11(13(2,3)4)10(9-16)18-12/h9H,6-8H2,1-5H3. The number of carbonyl (C=O) groups excluding carboxylic acids is 1. The molecule has 0 bridgehead atoms. The minimum absolute atomic E-state index is 0.105. The summed E-state index contributed by atoms with van der Waals surface area (Å²) < 4.78 is 5.32. The predicted octanol–water partition coefficient (Wildman–Crippen LogP) is 2.73. The van der Waals surface area contributed by atoms with Crippen molar-refractivity contribution in [2.75, 3.05) is 31.7 Å². The summed E-state index contributed by atoms with van der Waals surface area (Å²) in [5.74, 6) is 0. The van der Waals surface area contributed by atoms with E-state index in [1.807, 2.05) is 18.9 Å². The fraction of sp³-hybridized carbons (Fsp3) is 0.692. The molecule has 1 rings (SSSR count). The Morgan fingerprint density at radius 3 is 2.56 bits per heavy atom. The van der Waals surface area contributed by atoms with Gasteiger partial charge in [0, 0.05) is 25.6 Å². The number of rotatable bonds is 6. The molecule has 1 heterocycles.